The molecular weight excluding hydrogens is 288 g/mol. The van der Waals surface area contributed by atoms with Crippen LogP contribution in [0.3, 0.4) is 0 Å². The molecule has 0 atom stereocenters. The Hall–Kier alpha value is -2.14. The third-order valence-corrected chi connectivity index (χ3v) is 4.53. The summed E-state index contributed by atoms with van der Waals surface area (Å²) in [5.41, 5.74) is 9.61. The van der Waals surface area contributed by atoms with Gasteiger partial charge in [-0.1, -0.05) is 26.0 Å². The van der Waals surface area contributed by atoms with Gasteiger partial charge in [-0.3, -0.25) is 9.69 Å². The van der Waals surface area contributed by atoms with Crippen LogP contribution in [0.2, 0.25) is 0 Å². The van der Waals surface area contributed by atoms with Gasteiger partial charge in [-0.25, -0.2) is 4.98 Å². The highest BCUT2D eigenvalue weighted by Gasteiger charge is 2.23. The summed E-state index contributed by atoms with van der Waals surface area (Å²) in [4.78, 5) is 18.4. The van der Waals surface area contributed by atoms with Gasteiger partial charge in [-0.15, -0.1) is 0 Å². The maximum absolute atomic E-state index is 11.1. The van der Waals surface area contributed by atoms with E-state index in [1.54, 1.807) is 12.1 Å². The smallest absolute Gasteiger partial charge is 0.248 e. The minimum absolute atomic E-state index is 0.381. The zero-order valence-electron chi connectivity index (χ0n) is 14.0. The van der Waals surface area contributed by atoms with E-state index >= 15 is 0 Å². The molecule has 2 aromatic rings. The van der Waals surface area contributed by atoms with E-state index in [2.05, 4.69) is 30.4 Å². The first-order valence-corrected chi connectivity index (χ1v) is 8.11. The Morgan fingerprint density at radius 3 is 2.61 bits per heavy atom. The van der Waals surface area contributed by atoms with Gasteiger partial charge in [0.25, 0.3) is 0 Å². The molecule has 23 heavy (non-hydrogen) atoms. The molecule has 0 saturated carbocycles. The van der Waals surface area contributed by atoms with Crippen LogP contribution in [0.4, 0.5) is 0 Å². The number of carbonyl (C=O) groups excluding carboxylic acids is 1. The van der Waals surface area contributed by atoms with Crippen LogP contribution in [0.1, 0.15) is 52.9 Å². The number of amides is 1. The Balaban J connectivity index is 1.72. The molecule has 1 aliphatic heterocycles. The van der Waals surface area contributed by atoms with Crippen LogP contribution in [-0.2, 0) is 26.6 Å². The van der Waals surface area contributed by atoms with E-state index < -0.39 is 0 Å². The Labute approximate surface area is 137 Å². The summed E-state index contributed by atoms with van der Waals surface area (Å²) < 4.78 is 2.26. The third kappa shape index (κ3) is 3.15. The fourth-order valence-corrected chi connectivity index (χ4v) is 3.29. The van der Waals surface area contributed by atoms with Crippen molar-refractivity contribution in [1.29, 1.82) is 0 Å². The molecule has 0 bridgehead atoms. The maximum atomic E-state index is 11.1. The number of nitrogens with two attached hydrogens (primary N) is 1. The van der Waals surface area contributed by atoms with Gasteiger partial charge in [0.15, 0.2) is 0 Å². The summed E-state index contributed by atoms with van der Waals surface area (Å²) >= 11 is 0. The summed E-state index contributed by atoms with van der Waals surface area (Å²) in [6.45, 7) is 7.15. The molecule has 1 amide bonds. The summed E-state index contributed by atoms with van der Waals surface area (Å²) in [5, 5.41) is 0. The van der Waals surface area contributed by atoms with Gasteiger partial charge in [-0.05, 0) is 17.7 Å². The van der Waals surface area contributed by atoms with Gasteiger partial charge < -0.3 is 10.3 Å². The molecule has 1 aromatic carbocycles. The van der Waals surface area contributed by atoms with Gasteiger partial charge in [0, 0.05) is 50.3 Å². The maximum Gasteiger partial charge on any atom is 0.248 e. The Kier molecular flexibility index (Phi) is 4.22. The molecule has 0 saturated heterocycles. The van der Waals surface area contributed by atoms with Crippen molar-refractivity contribution < 1.29 is 4.79 Å². The first kappa shape index (κ1) is 15.7. The Morgan fingerprint density at radius 2 is 2.00 bits per heavy atom. The number of nitrogens with zero attached hydrogens (tertiary/aromatic N) is 3. The number of primary amides is 1. The number of carbonyl (C=O) groups is 1. The van der Waals surface area contributed by atoms with Crippen molar-refractivity contribution in [2.24, 2.45) is 12.8 Å². The molecule has 0 radical (unpaired) electrons. The number of imidazole rings is 1. The van der Waals surface area contributed by atoms with E-state index in [-0.39, 0.29) is 5.91 Å². The molecule has 3 rings (SSSR count). The number of rotatable bonds is 4. The highest BCUT2D eigenvalue weighted by atomic mass is 16.1. The second-order valence-corrected chi connectivity index (χ2v) is 6.60. The fraction of sp³-hybridized carbons (Fsp3) is 0.444. The van der Waals surface area contributed by atoms with Gasteiger partial charge in [0.1, 0.15) is 5.82 Å². The molecule has 5 heteroatoms. The van der Waals surface area contributed by atoms with Gasteiger partial charge >= 0.3 is 0 Å². The lowest BCUT2D eigenvalue weighted by Crippen LogP contribution is -2.30. The predicted octanol–water partition coefficient (Wildman–Crippen LogP) is 2.20. The topological polar surface area (TPSA) is 64.2 Å². The van der Waals surface area contributed by atoms with Crippen molar-refractivity contribution in [2.45, 2.75) is 39.3 Å². The average molecular weight is 312 g/mol. The van der Waals surface area contributed by atoms with Crippen molar-refractivity contribution >= 4 is 5.91 Å². The van der Waals surface area contributed by atoms with Crippen LogP contribution in [0.25, 0.3) is 0 Å². The van der Waals surface area contributed by atoms with E-state index in [1.807, 2.05) is 12.1 Å². The largest absolute Gasteiger partial charge is 0.366 e. The normalized spacial score (nSPS) is 15.0. The van der Waals surface area contributed by atoms with Gasteiger partial charge in [-0.2, -0.15) is 0 Å². The van der Waals surface area contributed by atoms with E-state index in [1.165, 1.54) is 22.8 Å². The van der Waals surface area contributed by atoms with Crippen LogP contribution < -0.4 is 5.73 Å². The van der Waals surface area contributed by atoms with Gasteiger partial charge in [0.2, 0.25) is 5.91 Å². The second-order valence-electron chi connectivity index (χ2n) is 6.60. The minimum atomic E-state index is -0.381. The molecule has 5 nitrogen and oxygen atoms in total. The lowest BCUT2D eigenvalue weighted by atomic mass is 10.1. The van der Waals surface area contributed by atoms with Gasteiger partial charge in [0.05, 0.1) is 5.69 Å². The van der Waals surface area contributed by atoms with Crippen LogP contribution in [0.5, 0.6) is 0 Å². The molecule has 0 spiro atoms. The molecule has 2 N–H and O–H groups in total. The number of hydrogen-bond acceptors (Lipinski definition) is 3. The lowest BCUT2D eigenvalue weighted by Gasteiger charge is -2.26. The highest BCUT2D eigenvalue weighted by Crippen LogP contribution is 2.24. The number of benzene rings is 1. The molecule has 0 fully saturated rings. The van der Waals surface area contributed by atoms with Crippen molar-refractivity contribution in [3.05, 3.63) is 52.6 Å². The quantitative estimate of drug-likeness (QED) is 0.941. The molecule has 2 heterocycles. The number of fused-ring (bicyclic) bond motifs is 1. The molecular formula is C18H24N4O. The molecule has 122 valence electrons. The van der Waals surface area contributed by atoms with E-state index in [0.29, 0.717) is 11.5 Å². The molecule has 0 aliphatic carbocycles. The lowest BCUT2D eigenvalue weighted by molar-refractivity contribution is 0.100. The van der Waals surface area contributed by atoms with E-state index in [4.69, 9.17) is 10.7 Å². The summed E-state index contributed by atoms with van der Waals surface area (Å²) in [6, 6.07) is 7.55. The highest BCUT2D eigenvalue weighted by molar-refractivity contribution is 5.92. The third-order valence-electron chi connectivity index (χ3n) is 4.53. The fourth-order valence-electron chi connectivity index (χ4n) is 3.29. The summed E-state index contributed by atoms with van der Waals surface area (Å²) in [7, 11) is 2.12. The standard InChI is InChI=1S/C18H24N4O/c1-12(2)18-20-15-11-22(9-8-16(15)21(18)3)10-13-4-6-14(7-5-13)17(19)23/h4-7,12H,8-11H2,1-3H3,(H2,19,23). The van der Waals surface area contributed by atoms with E-state index in [0.717, 1.165) is 26.1 Å². The first-order valence-electron chi connectivity index (χ1n) is 8.11. The first-order chi connectivity index (χ1) is 11.0. The zero-order valence-corrected chi connectivity index (χ0v) is 14.0. The molecule has 1 aliphatic rings. The minimum Gasteiger partial charge on any atom is -0.366 e. The zero-order chi connectivity index (χ0) is 16.6. The van der Waals surface area contributed by atoms with Crippen molar-refractivity contribution in [3.8, 4) is 0 Å². The molecule has 1 aromatic heterocycles. The Bertz CT molecular complexity index is 715. The van der Waals surface area contributed by atoms with E-state index in [9.17, 15) is 4.79 Å². The average Bonchev–Trinajstić information content (AvgIpc) is 2.84. The number of aromatic nitrogens is 2. The summed E-state index contributed by atoms with van der Waals surface area (Å²) in [6.07, 6.45) is 1.03. The summed E-state index contributed by atoms with van der Waals surface area (Å²) in [5.74, 6) is 1.23. The van der Waals surface area contributed by atoms with Crippen LogP contribution in [0, 0.1) is 0 Å². The number of hydrogen-bond donors (Lipinski definition) is 1. The van der Waals surface area contributed by atoms with Crippen molar-refractivity contribution in [1.82, 2.24) is 14.5 Å². The van der Waals surface area contributed by atoms with Crippen molar-refractivity contribution in [3.63, 3.8) is 0 Å². The molecule has 0 unspecified atom stereocenters. The van der Waals surface area contributed by atoms with Crippen LogP contribution in [-0.4, -0.2) is 26.9 Å². The van der Waals surface area contributed by atoms with Crippen molar-refractivity contribution in [2.75, 3.05) is 6.54 Å². The van der Waals surface area contributed by atoms with Crippen LogP contribution >= 0.6 is 0 Å². The van der Waals surface area contributed by atoms with Crippen LogP contribution in [0.15, 0.2) is 24.3 Å². The Morgan fingerprint density at radius 1 is 1.30 bits per heavy atom. The monoisotopic (exact) mass is 312 g/mol. The second kappa shape index (κ2) is 6.16. The SMILES string of the molecule is CC(C)c1nc2c(n1C)CCN(Cc1ccc(C(N)=O)cc1)C2. The predicted molar refractivity (Wildman–Crippen MR) is 90.1 cm³/mol.